The number of carbonyl (C=O) groups excluding carboxylic acids is 1. The van der Waals surface area contributed by atoms with Gasteiger partial charge in [0.15, 0.2) is 0 Å². The average molecular weight is 521 g/mol. The number of nitrogens with one attached hydrogen (secondary N) is 1. The van der Waals surface area contributed by atoms with Crippen molar-refractivity contribution in [3.8, 4) is 5.69 Å². The minimum absolute atomic E-state index is 0.232. The lowest BCUT2D eigenvalue weighted by atomic mass is 10.1. The second kappa shape index (κ2) is 11.0. The Balaban J connectivity index is 1.48. The van der Waals surface area contributed by atoms with Crippen LogP contribution >= 0.6 is 11.8 Å². The molecule has 0 spiro atoms. The number of hydrogen-bond acceptors (Lipinski definition) is 5. The van der Waals surface area contributed by atoms with Crippen molar-refractivity contribution in [1.82, 2.24) is 14.9 Å². The van der Waals surface area contributed by atoms with E-state index in [2.05, 4.69) is 10.3 Å². The van der Waals surface area contributed by atoms with Gasteiger partial charge in [0, 0.05) is 35.9 Å². The first-order valence-electron chi connectivity index (χ1n) is 11.5. The van der Waals surface area contributed by atoms with Crippen LogP contribution in [-0.4, -0.2) is 36.7 Å². The molecule has 36 heavy (non-hydrogen) atoms. The highest BCUT2D eigenvalue weighted by atomic mass is 32.2. The van der Waals surface area contributed by atoms with E-state index in [1.54, 1.807) is 73.4 Å². The molecule has 9 heteroatoms. The summed E-state index contributed by atoms with van der Waals surface area (Å²) in [6, 6.07) is 21.3. The minimum Gasteiger partial charge on any atom is -0.348 e. The van der Waals surface area contributed by atoms with Crippen molar-refractivity contribution >= 4 is 33.4 Å². The summed E-state index contributed by atoms with van der Waals surface area (Å²) < 4.78 is 29.8. The summed E-state index contributed by atoms with van der Waals surface area (Å²) in [5.74, 6) is 0.622. The van der Waals surface area contributed by atoms with Gasteiger partial charge in [-0.25, -0.2) is 13.4 Å². The summed E-state index contributed by atoms with van der Waals surface area (Å²) in [7, 11) is -3.72. The third-order valence-electron chi connectivity index (χ3n) is 5.87. The Labute approximate surface area is 216 Å². The standard InChI is InChI=1S/C27H28N4O3S2/c1-4-31(36(33,34)25-15-13-24(35-3)14-16-25)23-11-9-21(10-12-23)27(32)29-19-22-7-5-6-8-26(22)30-18-17-28-20(30)2/h5-18H,4,19H2,1-3H3,(H,29,32). The zero-order chi connectivity index (χ0) is 25.7. The Morgan fingerprint density at radius 1 is 1.03 bits per heavy atom. The number of imidazole rings is 1. The molecule has 0 atom stereocenters. The molecule has 0 unspecified atom stereocenters. The summed E-state index contributed by atoms with van der Waals surface area (Å²) in [5, 5.41) is 2.96. The van der Waals surface area contributed by atoms with E-state index in [9.17, 15) is 13.2 Å². The number of rotatable bonds is 9. The summed E-state index contributed by atoms with van der Waals surface area (Å²) in [5.41, 5.74) is 2.87. The highest BCUT2D eigenvalue weighted by molar-refractivity contribution is 7.98. The van der Waals surface area contributed by atoms with Crippen LogP contribution in [0.1, 0.15) is 28.7 Å². The highest BCUT2D eigenvalue weighted by Gasteiger charge is 2.23. The zero-order valence-electron chi connectivity index (χ0n) is 20.4. The van der Waals surface area contributed by atoms with Crippen LogP contribution < -0.4 is 9.62 Å². The number of benzene rings is 3. The molecule has 3 aromatic carbocycles. The molecule has 1 amide bonds. The second-order valence-corrected chi connectivity index (χ2v) is 10.8. The van der Waals surface area contributed by atoms with E-state index in [4.69, 9.17) is 0 Å². The first kappa shape index (κ1) is 25.5. The van der Waals surface area contributed by atoms with Gasteiger partial charge in [-0.15, -0.1) is 11.8 Å². The smallest absolute Gasteiger partial charge is 0.264 e. The van der Waals surface area contributed by atoms with Crippen LogP contribution in [0.4, 0.5) is 5.69 Å². The Bertz CT molecular complexity index is 1450. The minimum atomic E-state index is -3.72. The molecule has 1 heterocycles. The van der Waals surface area contributed by atoms with Crippen molar-refractivity contribution in [1.29, 1.82) is 0 Å². The fraction of sp³-hybridized carbons (Fsp3) is 0.185. The molecule has 1 aromatic heterocycles. The van der Waals surface area contributed by atoms with Gasteiger partial charge < -0.3 is 9.88 Å². The molecular formula is C27H28N4O3S2. The lowest BCUT2D eigenvalue weighted by molar-refractivity contribution is 0.0951. The number of aryl methyl sites for hydroxylation is 1. The van der Waals surface area contributed by atoms with E-state index >= 15 is 0 Å². The number of carbonyl (C=O) groups is 1. The number of para-hydroxylation sites is 1. The van der Waals surface area contributed by atoms with Crippen molar-refractivity contribution in [2.24, 2.45) is 0 Å². The van der Waals surface area contributed by atoms with Crippen LogP contribution in [0.15, 0.2) is 95.0 Å². The van der Waals surface area contributed by atoms with Gasteiger partial charge in [0.1, 0.15) is 5.82 Å². The molecule has 0 aliphatic rings. The van der Waals surface area contributed by atoms with E-state index in [1.165, 1.54) is 4.31 Å². The number of hydrogen-bond donors (Lipinski definition) is 1. The van der Waals surface area contributed by atoms with Gasteiger partial charge >= 0.3 is 0 Å². The molecule has 0 radical (unpaired) electrons. The van der Waals surface area contributed by atoms with Gasteiger partial charge in [-0.05, 0) is 80.3 Å². The van der Waals surface area contributed by atoms with Crippen LogP contribution in [0.3, 0.4) is 0 Å². The van der Waals surface area contributed by atoms with Crippen molar-refractivity contribution < 1.29 is 13.2 Å². The maximum Gasteiger partial charge on any atom is 0.264 e. The zero-order valence-corrected chi connectivity index (χ0v) is 22.0. The number of thioether (sulfide) groups is 1. The van der Waals surface area contributed by atoms with E-state index in [0.29, 0.717) is 17.8 Å². The van der Waals surface area contributed by atoms with Crippen LogP contribution in [0, 0.1) is 6.92 Å². The molecule has 0 saturated heterocycles. The van der Waals surface area contributed by atoms with Crippen molar-refractivity contribution in [2.75, 3.05) is 17.1 Å². The number of nitrogens with zero attached hydrogens (tertiary/aromatic N) is 3. The monoisotopic (exact) mass is 520 g/mol. The van der Waals surface area contributed by atoms with Crippen LogP contribution in [0.2, 0.25) is 0 Å². The quantitative estimate of drug-likeness (QED) is 0.312. The summed E-state index contributed by atoms with van der Waals surface area (Å²) in [6.07, 6.45) is 5.57. The molecule has 0 bridgehead atoms. The fourth-order valence-corrected chi connectivity index (χ4v) is 5.83. The van der Waals surface area contributed by atoms with E-state index in [0.717, 1.165) is 22.0 Å². The van der Waals surface area contributed by atoms with Crippen molar-refractivity contribution in [2.45, 2.75) is 30.2 Å². The van der Waals surface area contributed by atoms with Gasteiger partial charge in [0.25, 0.3) is 15.9 Å². The maximum absolute atomic E-state index is 13.2. The first-order chi connectivity index (χ1) is 17.3. The number of sulfonamides is 1. The molecular weight excluding hydrogens is 492 g/mol. The lowest BCUT2D eigenvalue weighted by Crippen LogP contribution is -2.31. The van der Waals surface area contributed by atoms with E-state index < -0.39 is 10.0 Å². The van der Waals surface area contributed by atoms with Gasteiger partial charge in [0.05, 0.1) is 16.3 Å². The third kappa shape index (κ3) is 5.32. The van der Waals surface area contributed by atoms with Crippen LogP contribution in [-0.2, 0) is 16.6 Å². The predicted octanol–water partition coefficient (Wildman–Crippen LogP) is 5.05. The molecule has 0 saturated carbocycles. The Morgan fingerprint density at radius 3 is 2.33 bits per heavy atom. The second-order valence-electron chi connectivity index (χ2n) is 8.05. The van der Waals surface area contributed by atoms with E-state index in [-0.39, 0.29) is 17.3 Å². The first-order valence-corrected chi connectivity index (χ1v) is 14.1. The molecule has 0 aliphatic carbocycles. The van der Waals surface area contributed by atoms with Gasteiger partial charge in [-0.2, -0.15) is 0 Å². The van der Waals surface area contributed by atoms with Crippen molar-refractivity contribution in [3.05, 3.63) is 102 Å². The Kier molecular flexibility index (Phi) is 7.81. The molecule has 4 aromatic rings. The fourth-order valence-electron chi connectivity index (χ4n) is 3.95. The lowest BCUT2D eigenvalue weighted by Gasteiger charge is -2.23. The Hall–Kier alpha value is -3.56. The molecule has 7 nitrogen and oxygen atoms in total. The largest absolute Gasteiger partial charge is 0.348 e. The van der Waals surface area contributed by atoms with Gasteiger partial charge in [0.2, 0.25) is 0 Å². The van der Waals surface area contributed by atoms with Crippen LogP contribution in [0.5, 0.6) is 0 Å². The summed E-state index contributed by atoms with van der Waals surface area (Å²) >= 11 is 1.56. The molecule has 1 N–H and O–H groups in total. The summed E-state index contributed by atoms with van der Waals surface area (Å²) in [6.45, 7) is 4.32. The number of aromatic nitrogens is 2. The normalized spacial score (nSPS) is 11.3. The van der Waals surface area contributed by atoms with Crippen LogP contribution in [0.25, 0.3) is 5.69 Å². The summed E-state index contributed by atoms with van der Waals surface area (Å²) in [4.78, 5) is 18.4. The Morgan fingerprint density at radius 2 is 1.72 bits per heavy atom. The van der Waals surface area contributed by atoms with E-state index in [1.807, 2.05) is 48.2 Å². The van der Waals surface area contributed by atoms with Crippen molar-refractivity contribution in [3.63, 3.8) is 0 Å². The van der Waals surface area contributed by atoms with Gasteiger partial charge in [-0.1, -0.05) is 18.2 Å². The van der Waals surface area contributed by atoms with Gasteiger partial charge in [-0.3, -0.25) is 9.10 Å². The number of amides is 1. The third-order valence-corrected chi connectivity index (χ3v) is 8.53. The SMILES string of the molecule is CCN(c1ccc(C(=O)NCc2ccccc2-n2ccnc2C)cc1)S(=O)(=O)c1ccc(SC)cc1. The molecule has 186 valence electrons. The average Bonchev–Trinajstić information content (AvgIpc) is 3.33. The highest BCUT2D eigenvalue weighted by Crippen LogP contribution is 2.26. The molecule has 4 rings (SSSR count). The topological polar surface area (TPSA) is 84.3 Å². The predicted molar refractivity (Wildman–Crippen MR) is 144 cm³/mol. The number of anilines is 1. The molecule has 0 fully saturated rings. The molecule has 0 aliphatic heterocycles. The maximum atomic E-state index is 13.2.